The molecule has 0 bridgehead atoms. The average Bonchev–Trinajstić information content (AvgIpc) is 2.86. The highest BCUT2D eigenvalue weighted by molar-refractivity contribution is 7.80. The third-order valence-electron chi connectivity index (χ3n) is 4.42. The third-order valence-corrected chi connectivity index (χ3v) is 4.61. The first kappa shape index (κ1) is 14.5. The number of anilines is 2. The number of hydrogen-bond acceptors (Lipinski definition) is 3. The van der Waals surface area contributed by atoms with Crippen LogP contribution in [0.5, 0.6) is 0 Å². The maximum Gasteiger partial charge on any atom is 0.183 e. The van der Waals surface area contributed by atoms with Crippen molar-refractivity contribution in [2.24, 2.45) is 0 Å². The minimum absolute atomic E-state index is 0.134. The monoisotopic (exact) mass is 324 g/mol. The Kier molecular flexibility index (Phi) is 2.95. The van der Waals surface area contributed by atoms with Crippen LogP contribution in [0.2, 0.25) is 0 Å². The highest BCUT2D eigenvalue weighted by Crippen LogP contribution is 2.48. The van der Waals surface area contributed by atoms with E-state index >= 15 is 0 Å². The Morgan fingerprint density at radius 3 is 1.96 bits per heavy atom. The molecular weight excluding hydrogens is 304 g/mol. The number of para-hydroxylation sites is 2. The summed E-state index contributed by atoms with van der Waals surface area (Å²) in [5.74, 6) is 0. The lowest BCUT2D eigenvalue weighted by molar-refractivity contribution is 0.0170. The highest BCUT2D eigenvalue weighted by atomic mass is 32.1. The van der Waals surface area contributed by atoms with Crippen LogP contribution < -0.4 is 16.1 Å². The summed E-state index contributed by atoms with van der Waals surface area (Å²) >= 11 is 5.49. The van der Waals surface area contributed by atoms with E-state index in [0.717, 1.165) is 11.4 Å². The van der Waals surface area contributed by atoms with Crippen LogP contribution in [0.25, 0.3) is 0 Å². The smallest absolute Gasteiger partial charge is 0.183 e. The number of thiocarbonyl (C=S) groups is 1. The zero-order valence-corrected chi connectivity index (χ0v) is 14.3. The number of fused-ring (bicyclic) bond motifs is 4. The average molecular weight is 324 g/mol. The topological polar surface area (TPSA) is 39.3 Å². The molecule has 0 unspecified atom stereocenters. The molecule has 3 N–H and O–H groups in total. The van der Waals surface area contributed by atoms with E-state index in [1.807, 2.05) is 0 Å². The first-order chi connectivity index (χ1) is 10.9. The first-order valence-electron chi connectivity index (χ1n) is 7.78. The molecule has 1 saturated heterocycles. The third kappa shape index (κ3) is 1.97. The molecular formula is C18H20N4S. The second-order valence-electron chi connectivity index (χ2n) is 7.00. The van der Waals surface area contributed by atoms with Gasteiger partial charge >= 0.3 is 0 Å². The van der Waals surface area contributed by atoms with Gasteiger partial charge in [0.05, 0.1) is 0 Å². The van der Waals surface area contributed by atoms with Crippen LogP contribution >= 0.6 is 12.2 Å². The number of nitrogens with zero attached hydrogens (tertiary/aromatic N) is 1. The van der Waals surface area contributed by atoms with Crippen LogP contribution in [0, 0.1) is 0 Å². The van der Waals surface area contributed by atoms with Gasteiger partial charge in [0.15, 0.2) is 10.8 Å². The van der Waals surface area contributed by atoms with E-state index in [0.29, 0.717) is 5.11 Å². The van der Waals surface area contributed by atoms with Crippen LogP contribution in [0.4, 0.5) is 11.4 Å². The maximum atomic E-state index is 5.49. The zero-order valence-electron chi connectivity index (χ0n) is 13.5. The molecule has 0 saturated carbocycles. The summed E-state index contributed by atoms with van der Waals surface area (Å²) in [5, 5.41) is 9.95. The van der Waals surface area contributed by atoms with E-state index in [9.17, 15) is 0 Å². The van der Waals surface area contributed by atoms with Gasteiger partial charge in [-0.05, 0) is 45.1 Å². The summed E-state index contributed by atoms with van der Waals surface area (Å²) in [7, 11) is 0. The summed E-state index contributed by atoms with van der Waals surface area (Å²) in [6.07, 6.45) is 0. The van der Waals surface area contributed by atoms with Crippen LogP contribution in [0.1, 0.15) is 31.9 Å². The molecule has 2 aromatic carbocycles. The van der Waals surface area contributed by atoms with Gasteiger partial charge in [0, 0.05) is 28.0 Å². The SMILES string of the molecule is CC(C)(C)N1NC(=S)NC12c1ccccc1Nc1ccccc12. The van der Waals surface area contributed by atoms with E-state index in [-0.39, 0.29) is 5.54 Å². The Balaban J connectivity index is 2.05. The molecule has 23 heavy (non-hydrogen) atoms. The van der Waals surface area contributed by atoms with Crippen molar-refractivity contribution in [3.05, 3.63) is 59.7 Å². The fourth-order valence-corrected chi connectivity index (χ4v) is 3.82. The van der Waals surface area contributed by atoms with Crippen molar-refractivity contribution in [3.63, 3.8) is 0 Å². The molecule has 4 nitrogen and oxygen atoms in total. The molecule has 0 radical (unpaired) electrons. The lowest BCUT2D eigenvalue weighted by Crippen LogP contribution is -2.60. The van der Waals surface area contributed by atoms with Crippen LogP contribution in [-0.4, -0.2) is 15.7 Å². The van der Waals surface area contributed by atoms with E-state index in [2.05, 4.69) is 90.4 Å². The molecule has 0 amide bonds. The Morgan fingerprint density at radius 2 is 1.43 bits per heavy atom. The molecule has 0 atom stereocenters. The second-order valence-corrected chi connectivity index (χ2v) is 7.41. The van der Waals surface area contributed by atoms with Crippen molar-refractivity contribution in [1.29, 1.82) is 0 Å². The maximum absolute atomic E-state index is 5.49. The number of nitrogens with one attached hydrogen (secondary N) is 3. The second kappa shape index (κ2) is 4.69. The molecule has 4 rings (SSSR count). The van der Waals surface area contributed by atoms with Gasteiger partial charge in [0.25, 0.3) is 0 Å². The zero-order chi connectivity index (χ0) is 16.2. The van der Waals surface area contributed by atoms with E-state index in [1.54, 1.807) is 0 Å². The number of hydrogen-bond donors (Lipinski definition) is 3. The molecule has 2 aliphatic rings. The van der Waals surface area contributed by atoms with Gasteiger partial charge in [-0.1, -0.05) is 36.4 Å². The highest BCUT2D eigenvalue weighted by Gasteiger charge is 2.54. The Bertz CT molecular complexity index is 748. The lowest BCUT2D eigenvalue weighted by atomic mass is 9.83. The molecule has 0 aromatic heterocycles. The molecule has 0 aliphatic carbocycles. The van der Waals surface area contributed by atoms with Gasteiger partial charge in [-0.25, -0.2) is 0 Å². The summed E-state index contributed by atoms with van der Waals surface area (Å²) < 4.78 is 0. The van der Waals surface area contributed by atoms with Gasteiger partial charge in [0.2, 0.25) is 0 Å². The predicted molar refractivity (Wildman–Crippen MR) is 97.4 cm³/mol. The van der Waals surface area contributed by atoms with E-state index in [1.165, 1.54) is 11.1 Å². The summed E-state index contributed by atoms with van der Waals surface area (Å²) in [6.45, 7) is 6.56. The minimum atomic E-state index is -0.520. The Labute approximate surface area is 141 Å². The van der Waals surface area contributed by atoms with Crippen molar-refractivity contribution in [2.45, 2.75) is 32.0 Å². The van der Waals surface area contributed by atoms with Crippen LogP contribution in [-0.2, 0) is 5.66 Å². The van der Waals surface area contributed by atoms with Gasteiger partial charge in [-0.15, -0.1) is 0 Å². The summed E-state index contributed by atoms with van der Waals surface area (Å²) in [5.41, 5.74) is 7.24. The van der Waals surface area contributed by atoms with Gasteiger partial charge < -0.3 is 10.6 Å². The molecule has 2 aromatic rings. The number of hydrazine groups is 1. The molecule has 5 heteroatoms. The molecule has 1 fully saturated rings. The Morgan fingerprint density at radius 1 is 0.913 bits per heavy atom. The van der Waals surface area contributed by atoms with E-state index in [4.69, 9.17) is 12.2 Å². The van der Waals surface area contributed by atoms with Gasteiger partial charge in [-0.2, -0.15) is 5.01 Å². The van der Waals surface area contributed by atoms with E-state index < -0.39 is 5.66 Å². The van der Waals surface area contributed by atoms with Crippen molar-refractivity contribution >= 4 is 28.7 Å². The van der Waals surface area contributed by atoms with Crippen molar-refractivity contribution < 1.29 is 0 Å². The van der Waals surface area contributed by atoms with Crippen molar-refractivity contribution in [2.75, 3.05) is 5.32 Å². The number of rotatable bonds is 0. The van der Waals surface area contributed by atoms with Crippen molar-refractivity contribution in [1.82, 2.24) is 15.8 Å². The number of benzene rings is 2. The largest absolute Gasteiger partial charge is 0.355 e. The predicted octanol–water partition coefficient (Wildman–Crippen LogP) is 3.44. The summed E-state index contributed by atoms with van der Waals surface area (Å²) in [6, 6.07) is 16.8. The molecule has 2 heterocycles. The fraction of sp³-hybridized carbons (Fsp3) is 0.278. The van der Waals surface area contributed by atoms with Crippen LogP contribution in [0.3, 0.4) is 0 Å². The molecule has 2 aliphatic heterocycles. The van der Waals surface area contributed by atoms with Crippen LogP contribution in [0.15, 0.2) is 48.5 Å². The minimum Gasteiger partial charge on any atom is -0.355 e. The quantitative estimate of drug-likeness (QED) is 0.648. The first-order valence-corrected chi connectivity index (χ1v) is 8.19. The summed E-state index contributed by atoms with van der Waals surface area (Å²) in [4.78, 5) is 0. The standard InChI is InChI=1S/C18H20N4S/c1-17(2,3)22-18(20-16(23)21-22)12-8-4-6-10-14(12)19-15-11-7-5-9-13(15)18/h4-11,19H,1-3H3,(H2,20,21,23). The fourth-order valence-electron chi connectivity index (χ4n) is 3.59. The Hall–Kier alpha value is -2.11. The normalized spacial score (nSPS) is 18.7. The lowest BCUT2D eigenvalue weighted by Gasteiger charge is -2.47. The molecule has 1 spiro atoms. The van der Waals surface area contributed by atoms with Crippen molar-refractivity contribution in [3.8, 4) is 0 Å². The van der Waals surface area contributed by atoms with Gasteiger partial charge in [0.1, 0.15) is 0 Å². The molecule has 118 valence electrons. The van der Waals surface area contributed by atoms with Gasteiger partial charge in [-0.3, -0.25) is 5.43 Å².